The topological polar surface area (TPSA) is 124 Å². The molecule has 1 saturated heterocycles. The Bertz CT molecular complexity index is 1110. The fraction of sp³-hybridized carbons (Fsp3) is 0.385. The zero-order valence-electron chi connectivity index (χ0n) is 20.1. The van der Waals surface area contributed by atoms with Crippen LogP contribution in [0.15, 0.2) is 48.5 Å². The summed E-state index contributed by atoms with van der Waals surface area (Å²) >= 11 is 0. The van der Waals surface area contributed by atoms with Crippen LogP contribution in [-0.2, 0) is 23.9 Å². The SMILES string of the molecule is CCOC(=O)C1C(=O)NC(c2ccc(OC)cc2)C(C#N)(C(=O)OCC)C1c1ccc(OC)cc1. The first-order valence-electron chi connectivity index (χ1n) is 11.2. The van der Waals surface area contributed by atoms with Gasteiger partial charge in [0.15, 0.2) is 5.41 Å². The molecule has 1 heterocycles. The van der Waals surface area contributed by atoms with Crippen LogP contribution in [0.5, 0.6) is 11.5 Å². The maximum absolute atomic E-state index is 13.6. The summed E-state index contributed by atoms with van der Waals surface area (Å²) in [6, 6.07) is 14.2. The average molecular weight is 481 g/mol. The molecule has 9 heteroatoms. The number of methoxy groups -OCH3 is 2. The van der Waals surface area contributed by atoms with Crippen molar-refractivity contribution in [1.82, 2.24) is 5.32 Å². The lowest BCUT2D eigenvalue weighted by molar-refractivity contribution is -0.166. The number of benzene rings is 2. The van der Waals surface area contributed by atoms with E-state index in [9.17, 15) is 19.6 Å². The third-order valence-electron chi connectivity index (χ3n) is 6.11. The van der Waals surface area contributed by atoms with Crippen molar-refractivity contribution in [3.05, 3.63) is 59.7 Å². The number of carbonyl (C=O) groups is 3. The number of nitrogens with zero attached hydrogens (tertiary/aromatic N) is 1. The van der Waals surface area contributed by atoms with Gasteiger partial charge in [0.1, 0.15) is 17.4 Å². The van der Waals surface area contributed by atoms with E-state index in [0.717, 1.165) is 0 Å². The quantitative estimate of drug-likeness (QED) is 0.452. The number of nitrogens with one attached hydrogen (secondary N) is 1. The fourth-order valence-corrected chi connectivity index (χ4v) is 4.50. The van der Waals surface area contributed by atoms with Gasteiger partial charge in [-0.2, -0.15) is 5.26 Å². The second kappa shape index (κ2) is 10.9. The Hall–Kier alpha value is -4.06. The molecule has 4 unspecified atom stereocenters. The maximum atomic E-state index is 13.6. The third-order valence-corrected chi connectivity index (χ3v) is 6.11. The van der Waals surface area contributed by atoms with Crippen molar-refractivity contribution in [2.75, 3.05) is 27.4 Å². The van der Waals surface area contributed by atoms with E-state index in [1.54, 1.807) is 62.4 Å². The van der Waals surface area contributed by atoms with Gasteiger partial charge in [-0.15, -0.1) is 0 Å². The second-order valence-electron chi connectivity index (χ2n) is 7.90. The molecular formula is C26H28N2O7. The maximum Gasteiger partial charge on any atom is 0.329 e. The molecule has 184 valence electrons. The number of rotatable bonds is 8. The van der Waals surface area contributed by atoms with Gasteiger partial charge in [0.25, 0.3) is 0 Å². The molecule has 0 aliphatic carbocycles. The highest BCUT2D eigenvalue weighted by atomic mass is 16.5. The highest BCUT2D eigenvalue weighted by Crippen LogP contribution is 2.53. The number of ether oxygens (including phenoxy) is 4. The number of hydrogen-bond donors (Lipinski definition) is 1. The molecule has 3 rings (SSSR count). The molecule has 0 spiro atoms. The highest BCUT2D eigenvalue weighted by Gasteiger charge is 2.64. The molecule has 0 aromatic heterocycles. The van der Waals surface area contributed by atoms with E-state index in [4.69, 9.17) is 18.9 Å². The van der Waals surface area contributed by atoms with Gasteiger partial charge in [0.2, 0.25) is 5.91 Å². The molecule has 1 N–H and O–H groups in total. The summed E-state index contributed by atoms with van der Waals surface area (Å²) in [6.07, 6.45) is 0. The Morgan fingerprint density at radius 3 is 1.89 bits per heavy atom. The van der Waals surface area contributed by atoms with Gasteiger partial charge in [-0.25, -0.2) is 0 Å². The van der Waals surface area contributed by atoms with Gasteiger partial charge in [-0.05, 0) is 49.2 Å². The van der Waals surface area contributed by atoms with Crippen LogP contribution in [0.4, 0.5) is 0 Å². The van der Waals surface area contributed by atoms with E-state index in [0.29, 0.717) is 22.6 Å². The first-order valence-corrected chi connectivity index (χ1v) is 11.2. The molecule has 35 heavy (non-hydrogen) atoms. The highest BCUT2D eigenvalue weighted by molar-refractivity contribution is 6.02. The summed E-state index contributed by atoms with van der Waals surface area (Å²) in [5, 5.41) is 13.4. The van der Waals surface area contributed by atoms with Crippen LogP contribution in [0.25, 0.3) is 0 Å². The molecule has 1 aliphatic heterocycles. The predicted molar refractivity (Wildman–Crippen MR) is 124 cm³/mol. The van der Waals surface area contributed by atoms with Crippen molar-refractivity contribution >= 4 is 17.8 Å². The minimum absolute atomic E-state index is 0.00491. The van der Waals surface area contributed by atoms with Crippen molar-refractivity contribution in [1.29, 1.82) is 5.26 Å². The van der Waals surface area contributed by atoms with Crippen LogP contribution in [0.1, 0.15) is 36.9 Å². The van der Waals surface area contributed by atoms with Gasteiger partial charge < -0.3 is 24.3 Å². The number of amides is 1. The third kappa shape index (κ3) is 4.64. The lowest BCUT2D eigenvalue weighted by Gasteiger charge is -2.46. The van der Waals surface area contributed by atoms with E-state index in [-0.39, 0.29) is 13.2 Å². The van der Waals surface area contributed by atoms with Crippen LogP contribution in [0, 0.1) is 22.7 Å². The van der Waals surface area contributed by atoms with Crippen LogP contribution in [0.2, 0.25) is 0 Å². The summed E-state index contributed by atoms with van der Waals surface area (Å²) < 4.78 is 21.0. The van der Waals surface area contributed by atoms with E-state index in [1.165, 1.54) is 14.2 Å². The summed E-state index contributed by atoms with van der Waals surface area (Å²) in [5.74, 6) is -3.89. The Balaban J connectivity index is 2.30. The Labute approximate surface area is 203 Å². The van der Waals surface area contributed by atoms with E-state index < -0.39 is 41.1 Å². The average Bonchev–Trinajstić information content (AvgIpc) is 2.88. The molecule has 9 nitrogen and oxygen atoms in total. The number of esters is 2. The number of carbonyl (C=O) groups excluding carboxylic acids is 3. The molecular weight excluding hydrogens is 452 g/mol. The van der Waals surface area contributed by atoms with Gasteiger partial charge in [-0.1, -0.05) is 24.3 Å². The van der Waals surface area contributed by atoms with Crippen molar-refractivity contribution in [3.8, 4) is 17.6 Å². The summed E-state index contributed by atoms with van der Waals surface area (Å²) in [5.41, 5.74) is -1.08. The van der Waals surface area contributed by atoms with Gasteiger partial charge in [0.05, 0.1) is 39.5 Å². The molecule has 0 saturated carbocycles. The van der Waals surface area contributed by atoms with E-state index >= 15 is 0 Å². The molecule has 2 aromatic carbocycles. The zero-order chi connectivity index (χ0) is 25.6. The normalized spacial score (nSPS) is 23.4. The molecule has 1 amide bonds. The monoisotopic (exact) mass is 480 g/mol. The van der Waals surface area contributed by atoms with Gasteiger partial charge >= 0.3 is 11.9 Å². The summed E-state index contributed by atoms with van der Waals surface area (Å²) in [6.45, 7) is 3.27. The lowest BCUT2D eigenvalue weighted by atomic mass is 9.59. The van der Waals surface area contributed by atoms with Gasteiger partial charge in [-0.3, -0.25) is 14.4 Å². The largest absolute Gasteiger partial charge is 0.497 e. The Kier molecular flexibility index (Phi) is 7.97. The van der Waals surface area contributed by atoms with Crippen LogP contribution < -0.4 is 14.8 Å². The van der Waals surface area contributed by atoms with Gasteiger partial charge in [0, 0.05) is 5.92 Å². The molecule has 2 aromatic rings. The smallest absolute Gasteiger partial charge is 0.329 e. The summed E-state index contributed by atoms with van der Waals surface area (Å²) in [7, 11) is 3.02. The minimum atomic E-state index is -1.98. The van der Waals surface area contributed by atoms with Crippen molar-refractivity contribution < 1.29 is 33.3 Å². The first-order chi connectivity index (χ1) is 16.9. The molecule has 1 aliphatic rings. The zero-order valence-corrected chi connectivity index (χ0v) is 20.1. The standard InChI is InChI=1S/C26H28N2O7/c1-5-34-24(30)20-21(16-7-11-18(32-3)12-8-16)26(15-27,25(31)35-6-2)22(28-23(20)29)17-9-13-19(33-4)14-10-17/h7-14,20-22H,5-6H2,1-4H3,(H,28,29). The van der Waals surface area contributed by atoms with Crippen LogP contribution >= 0.6 is 0 Å². The van der Waals surface area contributed by atoms with Crippen LogP contribution in [-0.4, -0.2) is 45.3 Å². The van der Waals surface area contributed by atoms with Crippen molar-refractivity contribution in [2.24, 2.45) is 11.3 Å². The number of hydrogen-bond acceptors (Lipinski definition) is 8. The minimum Gasteiger partial charge on any atom is -0.497 e. The fourth-order valence-electron chi connectivity index (χ4n) is 4.50. The lowest BCUT2D eigenvalue weighted by Crippen LogP contribution is -2.60. The molecule has 0 bridgehead atoms. The molecule has 4 atom stereocenters. The van der Waals surface area contributed by atoms with Crippen LogP contribution in [0.3, 0.4) is 0 Å². The second-order valence-corrected chi connectivity index (χ2v) is 7.90. The predicted octanol–water partition coefficient (Wildman–Crippen LogP) is 2.91. The molecule has 0 radical (unpaired) electrons. The number of piperidine rings is 1. The first kappa shape index (κ1) is 25.6. The van der Waals surface area contributed by atoms with Crippen molar-refractivity contribution in [3.63, 3.8) is 0 Å². The number of nitriles is 1. The van der Waals surface area contributed by atoms with Crippen molar-refractivity contribution in [2.45, 2.75) is 25.8 Å². The Morgan fingerprint density at radius 1 is 0.914 bits per heavy atom. The van der Waals surface area contributed by atoms with E-state index in [2.05, 4.69) is 11.4 Å². The Morgan fingerprint density at radius 2 is 1.43 bits per heavy atom. The summed E-state index contributed by atoms with van der Waals surface area (Å²) in [4.78, 5) is 40.0. The molecule has 1 fully saturated rings. The van der Waals surface area contributed by atoms with E-state index in [1.807, 2.05) is 0 Å².